The van der Waals surface area contributed by atoms with Crippen LogP contribution in [0.2, 0.25) is 0 Å². The molecule has 0 aliphatic carbocycles. The summed E-state index contributed by atoms with van der Waals surface area (Å²) in [5, 5.41) is 7.65. The minimum Gasteiger partial charge on any atom is -0.354 e. The molecular weight excluding hydrogens is 429 g/mol. The van der Waals surface area contributed by atoms with E-state index in [1.807, 2.05) is 20.8 Å². The monoisotopic (exact) mass is 450 g/mol. The van der Waals surface area contributed by atoms with Gasteiger partial charge in [0.25, 0.3) is 5.91 Å². The molecule has 0 atom stereocenters. The number of halogens is 3. The number of pyridine rings is 1. The third-order valence-corrected chi connectivity index (χ3v) is 5.11. The summed E-state index contributed by atoms with van der Waals surface area (Å²) < 4.78 is 41.8. The predicted octanol–water partition coefficient (Wildman–Crippen LogP) is 4.56. The van der Waals surface area contributed by atoms with E-state index >= 15 is 0 Å². The number of imidazole rings is 1. The molecule has 1 amide bonds. The highest BCUT2D eigenvalue weighted by Gasteiger charge is 2.31. The molecule has 4 rings (SSSR count). The number of amides is 1. The Hall–Kier alpha value is -3.08. The summed E-state index contributed by atoms with van der Waals surface area (Å²) in [4.78, 5) is 21.0. The summed E-state index contributed by atoms with van der Waals surface area (Å²) in [5.74, 6) is 0.377. The van der Waals surface area contributed by atoms with Crippen LogP contribution >= 0.6 is 11.8 Å². The maximum absolute atomic E-state index is 13.0. The Kier molecular flexibility index (Phi) is 6.54. The summed E-state index contributed by atoms with van der Waals surface area (Å²) in [6.45, 7) is 5.95. The third kappa shape index (κ3) is 4.22. The van der Waals surface area contributed by atoms with Crippen molar-refractivity contribution >= 4 is 29.0 Å². The lowest BCUT2D eigenvalue weighted by atomic mass is 10.2. The first kappa shape index (κ1) is 22.6. The van der Waals surface area contributed by atoms with Gasteiger partial charge >= 0.3 is 6.18 Å². The Morgan fingerprint density at radius 3 is 2.58 bits per heavy atom. The van der Waals surface area contributed by atoms with E-state index in [1.165, 1.54) is 46.2 Å². The molecule has 0 saturated heterocycles. The average molecular weight is 450 g/mol. The number of carbonyl (C=O) groups is 1. The molecule has 11 heteroatoms. The fourth-order valence-electron chi connectivity index (χ4n) is 2.97. The van der Waals surface area contributed by atoms with Crippen LogP contribution in [0.15, 0.2) is 41.8 Å². The number of nitrogens with zero attached hydrogens (tertiary/aromatic N) is 5. The van der Waals surface area contributed by atoms with Gasteiger partial charge in [0, 0.05) is 25.6 Å². The summed E-state index contributed by atoms with van der Waals surface area (Å²) in [6, 6.07) is 3.85. The van der Waals surface area contributed by atoms with Gasteiger partial charge in [0.05, 0.1) is 16.8 Å². The molecule has 1 N–H and O–H groups in total. The molecule has 0 bridgehead atoms. The smallest absolute Gasteiger partial charge is 0.354 e. The second kappa shape index (κ2) is 8.96. The molecule has 0 aromatic carbocycles. The van der Waals surface area contributed by atoms with E-state index in [0.717, 1.165) is 12.3 Å². The number of nitrogens with one attached hydrogen (secondary N) is 1. The van der Waals surface area contributed by atoms with Crippen molar-refractivity contribution in [2.75, 3.05) is 12.8 Å². The van der Waals surface area contributed by atoms with E-state index < -0.39 is 11.7 Å². The maximum atomic E-state index is 13.0. The lowest BCUT2D eigenvalue weighted by molar-refractivity contribution is -0.137. The lowest BCUT2D eigenvalue weighted by Crippen LogP contribution is -2.21. The molecule has 31 heavy (non-hydrogen) atoms. The first-order valence-corrected chi connectivity index (χ1v) is 10.6. The van der Waals surface area contributed by atoms with Crippen molar-refractivity contribution in [3.63, 3.8) is 0 Å². The minimum atomic E-state index is -4.45. The number of hydrogen-bond acceptors (Lipinski definition) is 5. The molecular formula is C20H21F3N6OS. The zero-order valence-corrected chi connectivity index (χ0v) is 18.2. The van der Waals surface area contributed by atoms with Crippen molar-refractivity contribution in [1.82, 2.24) is 29.3 Å². The Morgan fingerprint density at radius 2 is 1.94 bits per heavy atom. The van der Waals surface area contributed by atoms with Gasteiger partial charge in [0.15, 0.2) is 5.65 Å². The Morgan fingerprint density at radius 1 is 1.19 bits per heavy atom. The topological polar surface area (TPSA) is 76.6 Å². The van der Waals surface area contributed by atoms with Gasteiger partial charge in [-0.1, -0.05) is 20.8 Å². The summed E-state index contributed by atoms with van der Waals surface area (Å²) in [6.07, 6.45) is -0.456. The van der Waals surface area contributed by atoms with E-state index in [0.29, 0.717) is 39.0 Å². The maximum Gasteiger partial charge on any atom is 0.417 e. The van der Waals surface area contributed by atoms with Crippen LogP contribution in [0.3, 0.4) is 0 Å². The highest BCUT2D eigenvalue weighted by molar-refractivity contribution is 7.99. The van der Waals surface area contributed by atoms with Gasteiger partial charge in [-0.05, 0) is 24.0 Å². The Bertz CT molecular complexity index is 1230. The molecule has 4 aromatic heterocycles. The first-order valence-electron chi connectivity index (χ1n) is 9.62. The number of thioether (sulfide) groups is 1. The van der Waals surface area contributed by atoms with Gasteiger partial charge in [-0.3, -0.25) is 4.79 Å². The number of rotatable bonds is 4. The summed E-state index contributed by atoms with van der Waals surface area (Å²) in [7, 11) is 1.51. The van der Waals surface area contributed by atoms with Gasteiger partial charge in [0.2, 0.25) is 0 Å². The van der Waals surface area contributed by atoms with Crippen LogP contribution < -0.4 is 5.32 Å². The quantitative estimate of drug-likeness (QED) is 0.461. The number of carbonyl (C=O) groups excluding carboxylic acids is 1. The SMILES string of the molecule is CC.CCSc1nn2c(C(=O)NC)ccnc2c1-c1cn2cc(C(F)(F)F)ccc2n1. The largest absolute Gasteiger partial charge is 0.417 e. The molecule has 0 spiro atoms. The van der Waals surface area contributed by atoms with E-state index in [2.05, 4.69) is 20.4 Å². The van der Waals surface area contributed by atoms with Crippen LogP contribution in [-0.2, 0) is 6.18 Å². The predicted molar refractivity (Wildman–Crippen MR) is 113 cm³/mol. The molecule has 0 fully saturated rings. The van der Waals surface area contributed by atoms with Gasteiger partial charge in [-0.2, -0.15) is 18.3 Å². The molecule has 7 nitrogen and oxygen atoms in total. The first-order chi connectivity index (χ1) is 14.8. The highest BCUT2D eigenvalue weighted by atomic mass is 32.2. The van der Waals surface area contributed by atoms with Gasteiger partial charge in [0.1, 0.15) is 16.4 Å². The highest BCUT2D eigenvalue weighted by Crippen LogP contribution is 2.35. The van der Waals surface area contributed by atoms with E-state index in [4.69, 9.17) is 0 Å². The van der Waals surface area contributed by atoms with E-state index in [9.17, 15) is 18.0 Å². The van der Waals surface area contributed by atoms with Crippen LogP contribution in [0, 0.1) is 0 Å². The zero-order chi connectivity index (χ0) is 22.8. The fourth-order valence-corrected chi connectivity index (χ4v) is 3.72. The molecule has 0 aliphatic rings. The molecule has 0 radical (unpaired) electrons. The van der Waals surface area contributed by atoms with Gasteiger partial charge < -0.3 is 9.72 Å². The van der Waals surface area contributed by atoms with Crippen LogP contribution in [-0.4, -0.2) is 42.7 Å². The van der Waals surface area contributed by atoms with Crippen molar-refractivity contribution in [2.45, 2.75) is 32.0 Å². The summed E-state index contributed by atoms with van der Waals surface area (Å²) >= 11 is 1.43. The molecule has 0 aliphatic heterocycles. The summed E-state index contributed by atoms with van der Waals surface area (Å²) in [5.41, 5.74) is 1.29. The number of fused-ring (bicyclic) bond motifs is 2. The lowest BCUT2D eigenvalue weighted by Gasteiger charge is -2.05. The van der Waals surface area contributed by atoms with Crippen LogP contribution in [0.4, 0.5) is 13.2 Å². The number of alkyl halides is 3. The fraction of sp³-hybridized carbons (Fsp3) is 0.300. The van der Waals surface area contributed by atoms with E-state index in [1.54, 1.807) is 6.07 Å². The van der Waals surface area contributed by atoms with Crippen LogP contribution in [0.1, 0.15) is 36.8 Å². The minimum absolute atomic E-state index is 0.296. The van der Waals surface area contributed by atoms with Crippen LogP contribution in [0.5, 0.6) is 0 Å². The van der Waals surface area contributed by atoms with Crippen molar-refractivity contribution in [2.24, 2.45) is 0 Å². The van der Waals surface area contributed by atoms with Crippen molar-refractivity contribution in [1.29, 1.82) is 0 Å². The molecule has 0 saturated carbocycles. The molecule has 164 valence electrons. The molecule has 4 aromatic rings. The van der Waals surface area contributed by atoms with Crippen molar-refractivity contribution in [3.8, 4) is 11.3 Å². The second-order valence-electron chi connectivity index (χ2n) is 6.06. The standard InChI is InChI=1S/C18H15F3N6OS.C2H6/c1-3-29-17-14(15-23-7-6-12(16(28)22-2)27(15)25-17)11-9-26-8-10(18(19,20)21)4-5-13(26)24-11;1-2/h4-9H,3H2,1-2H3,(H,22,28);1-2H3. The van der Waals surface area contributed by atoms with E-state index in [-0.39, 0.29) is 5.91 Å². The number of aromatic nitrogens is 5. The van der Waals surface area contributed by atoms with Gasteiger partial charge in [-0.25, -0.2) is 14.5 Å². The second-order valence-corrected chi connectivity index (χ2v) is 7.32. The Balaban J connectivity index is 0.00000132. The van der Waals surface area contributed by atoms with Crippen LogP contribution in [0.25, 0.3) is 22.6 Å². The van der Waals surface area contributed by atoms with Crippen molar-refractivity contribution in [3.05, 3.63) is 48.0 Å². The average Bonchev–Trinajstić information content (AvgIpc) is 3.34. The molecule has 0 unspecified atom stereocenters. The Labute approximate surface area is 180 Å². The number of hydrogen-bond donors (Lipinski definition) is 1. The molecule has 4 heterocycles. The third-order valence-electron chi connectivity index (χ3n) is 4.26. The van der Waals surface area contributed by atoms with Gasteiger partial charge in [-0.15, -0.1) is 11.8 Å². The zero-order valence-electron chi connectivity index (χ0n) is 17.4. The normalized spacial score (nSPS) is 11.5. The van der Waals surface area contributed by atoms with Crippen molar-refractivity contribution < 1.29 is 18.0 Å².